The number of esters is 2. The van der Waals surface area contributed by atoms with Crippen molar-refractivity contribution >= 4 is 11.9 Å². The molecule has 20 heavy (non-hydrogen) atoms. The summed E-state index contributed by atoms with van der Waals surface area (Å²) in [6.07, 6.45) is 1.41. The smallest absolute Gasteiger partial charge is 0.309 e. The van der Waals surface area contributed by atoms with Gasteiger partial charge in [-0.25, -0.2) is 0 Å². The molecule has 1 aromatic rings. The molecule has 1 atom stereocenters. The lowest BCUT2D eigenvalue weighted by Gasteiger charge is -2.14. The van der Waals surface area contributed by atoms with Crippen molar-refractivity contribution in [1.29, 1.82) is 0 Å². The van der Waals surface area contributed by atoms with Gasteiger partial charge in [0.2, 0.25) is 0 Å². The van der Waals surface area contributed by atoms with Crippen molar-refractivity contribution in [2.45, 2.75) is 33.1 Å². The normalized spacial score (nSPS) is 11.7. The fourth-order valence-corrected chi connectivity index (χ4v) is 1.97. The maximum atomic E-state index is 11.9. The molecule has 1 aromatic carbocycles. The monoisotopic (exact) mass is 278 g/mol. The summed E-state index contributed by atoms with van der Waals surface area (Å²) in [5.74, 6) is -1.11. The first-order valence-corrected chi connectivity index (χ1v) is 7.03. The van der Waals surface area contributed by atoms with E-state index in [0.717, 1.165) is 12.0 Å². The average molecular weight is 278 g/mol. The zero-order chi connectivity index (χ0) is 14.8. The summed E-state index contributed by atoms with van der Waals surface area (Å²) in [6, 6.07) is 9.88. The number of benzene rings is 1. The van der Waals surface area contributed by atoms with Gasteiger partial charge in [0.25, 0.3) is 0 Å². The molecule has 0 aliphatic heterocycles. The molecule has 0 bridgehead atoms. The topological polar surface area (TPSA) is 52.6 Å². The summed E-state index contributed by atoms with van der Waals surface area (Å²) in [7, 11) is 0. The Labute approximate surface area is 120 Å². The Morgan fingerprint density at radius 2 is 1.70 bits per heavy atom. The van der Waals surface area contributed by atoms with E-state index in [9.17, 15) is 9.59 Å². The highest BCUT2D eigenvalue weighted by Gasteiger charge is 2.23. The minimum Gasteiger partial charge on any atom is -0.466 e. The zero-order valence-electron chi connectivity index (χ0n) is 12.1. The highest BCUT2D eigenvalue weighted by atomic mass is 16.5. The molecule has 1 unspecified atom stereocenters. The molecule has 0 saturated carbocycles. The SMILES string of the molecule is CCOC(=O)CC(CCc1ccccc1)C(=O)OCC. The molecule has 4 heteroatoms. The van der Waals surface area contributed by atoms with Gasteiger partial charge in [0.1, 0.15) is 0 Å². The number of carbonyl (C=O) groups excluding carboxylic acids is 2. The Morgan fingerprint density at radius 1 is 1.05 bits per heavy atom. The van der Waals surface area contributed by atoms with Crippen LogP contribution in [0.4, 0.5) is 0 Å². The van der Waals surface area contributed by atoms with Gasteiger partial charge in [-0.1, -0.05) is 30.3 Å². The van der Waals surface area contributed by atoms with Crippen molar-refractivity contribution in [3.8, 4) is 0 Å². The maximum absolute atomic E-state index is 11.9. The molecule has 0 aliphatic rings. The van der Waals surface area contributed by atoms with E-state index in [1.54, 1.807) is 13.8 Å². The van der Waals surface area contributed by atoms with Gasteiger partial charge in [-0.15, -0.1) is 0 Å². The predicted molar refractivity (Wildman–Crippen MR) is 76.1 cm³/mol. The molecule has 0 radical (unpaired) electrons. The van der Waals surface area contributed by atoms with Crippen molar-refractivity contribution in [1.82, 2.24) is 0 Å². The molecule has 0 saturated heterocycles. The van der Waals surface area contributed by atoms with Gasteiger partial charge in [-0.2, -0.15) is 0 Å². The Morgan fingerprint density at radius 3 is 2.30 bits per heavy atom. The number of hydrogen-bond donors (Lipinski definition) is 0. The maximum Gasteiger partial charge on any atom is 0.309 e. The summed E-state index contributed by atoms with van der Waals surface area (Å²) in [4.78, 5) is 23.4. The van der Waals surface area contributed by atoms with Crippen LogP contribution in [0.15, 0.2) is 30.3 Å². The highest BCUT2D eigenvalue weighted by molar-refractivity contribution is 5.79. The molecule has 0 aromatic heterocycles. The Bertz CT molecular complexity index is 414. The molecule has 0 amide bonds. The molecule has 0 spiro atoms. The second kappa shape index (κ2) is 9.13. The van der Waals surface area contributed by atoms with Crippen LogP contribution < -0.4 is 0 Å². The largest absolute Gasteiger partial charge is 0.466 e. The molecule has 0 fully saturated rings. The van der Waals surface area contributed by atoms with Gasteiger partial charge in [0, 0.05) is 0 Å². The molecule has 0 N–H and O–H groups in total. The highest BCUT2D eigenvalue weighted by Crippen LogP contribution is 2.16. The fourth-order valence-electron chi connectivity index (χ4n) is 1.97. The Hall–Kier alpha value is -1.84. The number of rotatable bonds is 8. The first kappa shape index (κ1) is 16.2. The lowest BCUT2D eigenvalue weighted by Crippen LogP contribution is -2.22. The van der Waals surface area contributed by atoms with Gasteiger partial charge in [0.15, 0.2) is 0 Å². The molecular formula is C16H22O4. The van der Waals surface area contributed by atoms with Crippen molar-refractivity contribution in [3.63, 3.8) is 0 Å². The lowest BCUT2D eigenvalue weighted by molar-refractivity contribution is -0.155. The minimum atomic E-state index is -0.436. The summed E-state index contributed by atoms with van der Waals surface area (Å²) in [6.45, 7) is 4.16. The predicted octanol–water partition coefficient (Wildman–Crippen LogP) is 2.75. The third-order valence-corrected chi connectivity index (χ3v) is 2.96. The van der Waals surface area contributed by atoms with Gasteiger partial charge in [-0.3, -0.25) is 9.59 Å². The standard InChI is InChI=1S/C16H22O4/c1-3-19-15(17)12-14(16(18)20-4-2)11-10-13-8-6-5-7-9-13/h5-9,14H,3-4,10-12H2,1-2H3. The van der Waals surface area contributed by atoms with Crippen LogP contribution in [-0.4, -0.2) is 25.2 Å². The van der Waals surface area contributed by atoms with Gasteiger partial charge >= 0.3 is 11.9 Å². The van der Waals surface area contributed by atoms with E-state index < -0.39 is 5.92 Å². The van der Waals surface area contributed by atoms with Crippen molar-refractivity contribution in [3.05, 3.63) is 35.9 Å². The third-order valence-electron chi connectivity index (χ3n) is 2.96. The van der Waals surface area contributed by atoms with Crippen LogP contribution in [-0.2, 0) is 25.5 Å². The second-order valence-electron chi connectivity index (χ2n) is 4.48. The zero-order valence-corrected chi connectivity index (χ0v) is 12.1. The number of hydrogen-bond acceptors (Lipinski definition) is 4. The first-order chi connectivity index (χ1) is 9.67. The first-order valence-electron chi connectivity index (χ1n) is 7.03. The van der Waals surface area contributed by atoms with Crippen LogP contribution >= 0.6 is 0 Å². The molecule has 4 nitrogen and oxygen atoms in total. The molecule has 1 rings (SSSR count). The van der Waals surface area contributed by atoms with Crippen LogP contribution in [0.5, 0.6) is 0 Å². The molecular weight excluding hydrogens is 256 g/mol. The van der Waals surface area contributed by atoms with Crippen molar-refractivity contribution in [2.75, 3.05) is 13.2 Å². The van der Waals surface area contributed by atoms with E-state index in [4.69, 9.17) is 9.47 Å². The van der Waals surface area contributed by atoms with E-state index in [-0.39, 0.29) is 18.4 Å². The number of carbonyl (C=O) groups is 2. The van der Waals surface area contributed by atoms with E-state index in [1.165, 1.54) is 0 Å². The summed E-state index contributed by atoms with van der Waals surface area (Å²) in [5, 5.41) is 0. The summed E-state index contributed by atoms with van der Waals surface area (Å²) >= 11 is 0. The number of ether oxygens (including phenoxy) is 2. The van der Waals surface area contributed by atoms with Gasteiger partial charge in [-0.05, 0) is 32.3 Å². The minimum absolute atomic E-state index is 0.0828. The van der Waals surface area contributed by atoms with Crippen LogP contribution in [0.25, 0.3) is 0 Å². The molecule has 0 heterocycles. The van der Waals surface area contributed by atoms with Gasteiger partial charge < -0.3 is 9.47 Å². The third kappa shape index (κ3) is 5.87. The Kier molecular flexibility index (Phi) is 7.40. The van der Waals surface area contributed by atoms with Crippen LogP contribution in [0, 0.1) is 5.92 Å². The second-order valence-corrected chi connectivity index (χ2v) is 4.48. The quantitative estimate of drug-likeness (QED) is 0.686. The molecule has 110 valence electrons. The average Bonchev–Trinajstić information content (AvgIpc) is 2.45. The lowest BCUT2D eigenvalue weighted by atomic mass is 9.96. The van der Waals surface area contributed by atoms with Crippen LogP contribution in [0.1, 0.15) is 32.3 Å². The van der Waals surface area contributed by atoms with E-state index in [2.05, 4.69) is 0 Å². The van der Waals surface area contributed by atoms with Crippen LogP contribution in [0.3, 0.4) is 0 Å². The summed E-state index contributed by atoms with van der Waals surface area (Å²) in [5.41, 5.74) is 1.14. The van der Waals surface area contributed by atoms with Crippen molar-refractivity contribution in [2.24, 2.45) is 5.92 Å². The van der Waals surface area contributed by atoms with Crippen LogP contribution in [0.2, 0.25) is 0 Å². The van der Waals surface area contributed by atoms with E-state index in [1.807, 2.05) is 30.3 Å². The number of aryl methyl sites for hydroxylation is 1. The van der Waals surface area contributed by atoms with E-state index >= 15 is 0 Å². The Balaban J connectivity index is 2.57. The van der Waals surface area contributed by atoms with E-state index in [0.29, 0.717) is 19.6 Å². The summed E-state index contributed by atoms with van der Waals surface area (Å²) < 4.78 is 9.93. The van der Waals surface area contributed by atoms with Crippen molar-refractivity contribution < 1.29 is 19.1 Å². The van der Waals surface area contributed by atoms with Gasteiger partial charge in [0.05, 0.1) is 25.6 Å². The fraction of sp³-hybridized carbons (Fsp3) is 0.500. The molecule has 0 aliphatic carbocycles.